The van der Waals surface area contributed by atoms with Crippen molar-refractivity contribution in [3.63, 3.8) is 0 Å². The van der Waals surface area contributed by atoms with Crippen LogP contribution >= 0.6 is 0 Å². The van der Waals surface area contributed by atoms with Gasteiger partial charge in [-0.05, 0) is 26.0 Å². The summed E-state index contributed by atoms with van der Waals surface area (Å²) >= 11 is 0. The molecule has 1 unspecified atom stereocenters. The zero-order valence-corrected chi connectivity index (χ0v) is 12.2. The van der Waals surface area contributed by atoms with Gasteiger partial charge in [0.15, 0.2) is 0 Å². The maximum atomic E-state index is 6.43. The van der Waals surface area contributed by atoms with Crippen LogP contribution in [-0.2, 0) is 0 Å². The maximum Gasteiger partial charge on any atom is 0.124 e. The minimum absolute atomic E-state index is 0.271. The highest BCUT2D eigenvalue weighted by atomic mass is 16.5. The highest BCUT2D eigenvalue weighted by Crippen LogP contribution is 2.33. The lowest BCUT2D eigenvalue weighted by molar-refractivity contribution is 0.335. The topological polar surface area (TPSA) is 44.5 Å². The van der Waals surface area contributed by atoms with Gasteiger partial charge in [-0.3, -0.25) is 0 Å². The monoisotopic (exact) mass is 271 g/mol. The summed E-state index contributed by atoms with van der Waals surface area (Å²) in [5.74, 6) is 1.63. The highest BCUT2D eigenvalue weighted by Gasteiger charge is 2.17. The van der Waals surface area contributed by atoms with Gasteiger partial charge in [0.25, 0.3) is 0 Å². The lowest BCUT2D eigenvalue weighted by Crippen LogP contribution is -2.15. The Kier molecular flexibility index (Phi) is 4.64. The van der Waals surface area contributed by atoms with Crippen LogP contribution in [0.25, 0.3) is 0 Å². The Balaban J connectivity index is 2.46. The molecule has 0 saturated carbocycles. The van der Waals surface area contributed by atoms with Crippen LogP contribution in [0.2, 0.25) is 0 Å². The zero-order valence-electron chi connectivity index (χ0n) is 12.2. The maximum absolute atomic E-state index is 6.43. The van der Waals surface area contributed by atoms with Crippen LogP contribution in [0, 0.1) is 6.92 Å². The van der Waals surface area contributed by atoms with E-state index in [9.17, 15) is 0 Å². The molecule has 0 heterocycles. The lowest BCUT2D eigenvalue weighted by Gasteiger charge is -2.19. The fourth-order valence-electron chi connectivity index (χ4n) is 2.29. The summed E-state index contributed by atoms with van der Waals surface area (Å²) in [4.78, 5) is 0. The van der Waals surface area contributed by atoms with E-state index in [2.05, 4.69) is 6.07 Å². The molecule has 3 heteroatoms. The number of benzene rings is 2. The molecule has 0 aliphatic rings. The van der Waals surface area contributed by atoms with Gasteiger partial charge in [0.2, 0.25) is 0 Å². The van der Waals surface area contributed by atoms with E-state index < -0.39 is 0 Å². The first-order chi connectivity index (χ1) is 9.67. The Morgan fingerprint density at radius 2 is 1.80 bits per heavy atom. The zero-order chi connectivity index (χ0) is 14.5. The van der Waals surface area contributed by atoms with E-state index in [1.807, 2.05) is 50.2 Å². The van der Waals surface area contributed by atoms with E-state index in [0.29, 0.717) is 6.61 Å². The number of aryl methyl sites for hydroxylation is 1. The fourth-order valence-corrected chi connectivity index (χ4v) is 2.29. The SMILES string of the molecule is CCOc1ccc(C)cc1C(N)c1ccccc1OC. The summed E-state index contributed by atoms with van der Waals surface area (Å²) in [6.07, 6.45) is 0. The number of methoxy groups -OCH3 is 1. The van der Waals surface area contributed by atoms with Crippen molar-refractivity contribution in [1.82, 2.24) is 0 Å². The van der Waals surface area contributed by atoms with E-state index >= 15 is 0 Å². The quantitative estimate of drug-likeness (QED) is 0.906. The minimum atomic E-state index is -0.271. The Morgan fingerprint density at radius 3 is 2.50 bits per heavy atom. The van der Waals surface area contributed by atoms with E-state index in [1.165, 1.54) is 0 Å². The number of nitrogens with two attached hydrogens (primary N) is 1. The van der Waals surface area contributed by atoms with E-state index in [4.69, 9.17) is 15.2 Å². The van der Waals surface area contributed by atoms with Gasteiger partial charge >= 0.3 is 0 Å². The number of para-hydroxylation sites is 1. The molecular formula is C17H21NO2. The predicted octanol–water partition coefficient (Wildman–Crippen LogP) is 3.45. The number of hydrogen-bond acceptors (Lipinski definition) is 3. The first-order valence-electron chi connectivity index (χ1n) is 6.79. The Bertz CT molecular complexity index is 581. The second-order valence-corrected chi connectivity index (χ2v) is 4.69. The summed E-state index contributed by atoms with van der Waals surface area (Å²) in [6.45, 7) is 4.64. The molecule has 0 aliphatic heterocycles. The summed E-state index contributed by atoms with van der Waals surface area (Å²) in [5.41, 5.74) is 9.54. The van der Waals surface area contributed by atoms with Crippen LogP contribution in [0.1, 0.15) is 29.7 Å². The predicted molar refractivity (Wildman–Crippen MR) is 81.4 cm³/mol. The molecule has 0 aromatic heterocycles. The minimum Gasteiger partial charge on any atom is -0.496 e. The van der Waals surface area contributed by atoms with Crippen LogP contribution in [0.15, 0.2) is 42.5 Å². The third kappa shape index (κ3) is 2.94. The smallest absolute Gasteiger partial charge is 0.124 e. The summed E-state index contributed by atoms with van der Waals surface area (Å²) < 4.78 is 11.1. The van der Waals surface area contributed by atoms with Crippen LogP contribution in [0.4, 0.5) is 0 Å². The Hall–Kier alpha value is -2.00. The Labute approximate surface area is 120 Å². The summed E-state index contributed by atoms with van der Waals surface area (Å²) in [6, 6.07) is 13.6. The second-order valence-electron chi connectivity index (χ2n) is 4.69. The molecule has 1 atom stereocenters. The molecule has 20 heavy (non-hydrogen) atoms. The molecule has 0 bridgehead atoms. The van der Waals surface area contributed by atoms with Crippen molar-refractivity contribution in [3.05, 3.63) is 59.2 Å². The molecule has 0 radical (unpaired) electrons. The average molecular weight is 271 g/mol. The molecule has 0 spiro atoms. The average Bonchev–Trinajstić information content (AvgIpc) is 2.48. The van der Waals surface area contributed by atoms with Gasteiger partial charge in [0.05, 0.1) is 19.8 Å². The highest BCUT2D eigenvalue weighted by molar-refractivity contribution is 5.47. The van der Waals surface area contributed by atoms with Gasteiger partial charge in [0, 0.05) is 11.1 Å². The molecule has 0 amide bonds. The Morgan fingerprint density at radius 1 is 1.05 bits per heavy atom. The molecule has 0 saturated heterocycles. The van der Waals surface area contributed by atoms with Gasteiger partial charge < -0.3 is 15.2 Å². The molecular weight excluding hydrogens is 250 g/mol. The molecule has 106 valence electrons. The van der Waals surface area contributed by atoms with Crippen molar-refractivity contribution < 1.29 is 9.47 Å². The van der Waals surface area contributed by atoms with Crippen molar-refractivity contribution in [2.75, 3.05) is 13.7 Å². The first-order valence-corrected chi connectivity index (χ1v) is 6.79. The van der Waals surface area contributed by atoms with Crippen molar-refractivity contribution in [2.45, 2.75) is 19.9 Å². The van der Waals surface area contributed by atoms with Gasteiger partial charge in [-0.15, -0.1) is 0 Å². The fraction of sp³-hybridized carbons (Fsp3) is 0.294. The standard InChI is InChI=1S/C17H21NO2/c1-4-20-16-10-9-12(2)11-14(16)17(18)13-7-5-6-8-15(13)19-3/h5-11,17H,4,18H2,1-3H3. The van der Waals surface area contributed by atoms with E-state index in [-0.39, 0.29) is 6.04 Å². The third-order valence-corrected chi connectivity index (χ3v) is 3.27. The van der Waals surface area contributed by atoms with Crippen molar-refractivity contribution >= 4 is 0 Å². The van der Waals surface area contributed by atoms with Gasteiger partial charge in [-0.1, -0.05) is 35.9 Å². The van der Waals surface area contributed by atoms with E-state index in [1.54, 1.807) is 7.11 Å². The van der Waals surface area contributed by atoms with Gasteiger partial charge in [-0.25, -0.2) is 0 Å². The summed E-state index contributed by atoms with van der Waals surface area (Å²) in [5, 5.41) is 0. The largest absolute Gasteiger partial charge is 0.496 e. The molecule has 2 N–H and O–H groups in total. The summed E-state index contributed by atoms with van der Waals surface area (Å²) in [7, 11) is 1.66. The van der Waals surface area contributed by atoms with Crippen LogP contribution in [-0.4, -0.2) is 13.7 Å². The molecule has 3 nitrogen and oxygen atoms in total. The first kappa shape index (κ1) is 14.4. The van der Waals surface area contributed by atoms with Crippen LogP contribution in [0.3, 0.4) is 0 Å². The van der Waals surface area contributed by atoms with Crippen LogP contribution in [0.5, 0.6) is 11.5 Å². The normalized spacial score (nSPS) is 12.0. The molecule has 2 aromatic carbocycles. The number of hydrogen-bond donors (Lipinski definition) is 1. The third-order valence-electron chi connectivity index (χ3n) is 3.27. The molecule has 2 aromatic rings. The second kappa shape index (κ2) is 6.44. The number of rotatable bonds is 5. The van der Waals surface area contributed by atoms with Crippen LogP contribution < -0.4 is 15.2 Å². The van der Waals surface area contributed by atoms with Gasteiger partial charge in [-0.2, -0.15) is 0 Å². The van der Waals surface area contributed by atoms with Gasteiger partial charge in [0.1, 0.15) is 11.5 Å². The van der Waals surface area contributed by atoms with Crippen molar-refractivity contribution in [2.24, 2.45) is 5.73 Å². The van der Waals surface area contributed by atoms with E-state index in [0.717, 1.165) is 28.2 Å². The van der Waals surface area contributed by atoms with Crippen molar-refractivity contribution in [3.8, 4) is 11.5 Å². The molecule has 2 rings (SSSR count). The molecule has 0 fully saturated rings. The lowest BCUT2D eigenvalue weighted by atomic mass is 9.96. The van der Waals surface area contributed by atoms with Crippen molar-refractivity contribution in [1.29, 1.82) is 0 Å². The number of ether oxygens (including phenoxy) is 2. The molecule has 0 aliphatic carbocycles.